The standard InChI is InChI=1S/C22H28N6O/c1-4-9-25-21-18(22(29)26(2)3)15-24-16-20(21)28-12-10-27(11-13-28)19-8-6-5-7-17(19)14-23/h5-8,15-16H,4,9-13H2,1-3H3,(H,24,25). The molecule has 3 rings (SSSR count). The van der Waals surface area contributed by atoms with Crippen molar-refractivity contribution in [2.75, 3.05) is 61.9 Å². The van der Waals surface area contributed by atoms with Crippen molar-refractivity contribution in [2.24, 2.45) is 0 Å². The second-order valence-corrected chi connectivity index (χ2v) is 7.31. The Morgan fingerprint density at radius 3 is 2.41 bits per heavy atom. The summed E-state index contributed by atoms with van der Waals surface area (Å²) in [6, 6.07) is 10.00. The molecule has 0 unspecified atom stereocenters. The van der Waals surface area contributed by atoms with Crippen molar-refractivity contribution in [1.29, 1.82) is 5.26 Å². The normalized spacial score (nSPS) is 13.7. The van der Waals surface area contributed by atoms with E-state index in [9.17, 15) is 10.1 Å². The van der Waals surface area contributed by atoms with Crippen molar-refractivity contribution >= 4 is 23.0 Å². The Balaban J connectivity index is 1.84. The fourth-order valence-corrected chi connectivity index (χ4v) is 3.56. The van der Waals surface area contributed by atoms with Crippen LogP contribution in [0.5, 0.6) is 0 Å². The SMILES string of the molecule is CCCNc1c(C(=O)N(C)C)cncc1N1CCN(c2ccccc2C#N)CC1. The summed E-state index contributed by atoms with van der Waals surface area (Å²) in [6.07, 6.45) is 4.45. The van der Waals surface area contributed by atoms with E-state index < -0.39 is 0 Å². The molecule has 0 atom stereocenters. The third-order valence-corrected chi connectivity index (χ3v) is 5.10. The van der Waals surface area contributed by atoms with Gasteiger partial charge in [0.15, 0.2) is 0 Å². The van der Waals surface area contributed by atoms with Crippen LogP contribution in [0.1, 0.15) is 29.3 Å². The van der Waals surface area contributed by atoms with Crippen molar-refractivity contribution < 1.29 is 4.79 Å². The maximum Gasteiger partial charge on any atom is 0.257 e. The van der Waals surface area contributed by atoms with E-state index in [1.807, 2.05) is 30.5 Å². The van der Waals surface area contributed by atoms with Crippen LogP contribution in [0.25, 0.3) is 0 Å². The van der Waals surface area contributed by atoms with E-state index in [1.54, 1.807) is 25.2 Å². The van der Waals surface area contributed by atoms with Gasteiger partial charge in [0.25, 0.3) is 5.91 Å². The van der Waals surface area contributed by atoms with E-state index in [0.29, 0.717) is 11.1 Å². The summed E-state index contributed by atoms with van der Waals surface area (Å²) >= 11 is 0. The molecule has 7 nitrogen and oxygen atoms in total. The maximum absolute atomic E-state index is 12.7. The van der Waals surface area contributed by atoms with Crippen LogP contribution in [-0.2, 0) is 0 Å². The van der Waals surface area contributed by atoms with Crippen LogP contribution in [-0.4, -0.2) is 62.6 Å². The number of carbonyl (C=O) groups is 1. The van der Waals surface area contributed by atoms with Crippen LogP contribution in [0.15, 0.2) is 36.7 Å². The number of pyridine rings is 1. The molecule has 0 radical (unpaired) electrons. The quantitative estimate of drug-likeness (QED) is 0.815. The number of nitrogens with zero attached hydrogens (tertiary/aromatic N) is 5. The number of benzene rings is 1. The highest BCUT2D eigenvalue weighted by atomic mass is 16.2. The van der Waals surface area contributed by atoms with E-state index in [1.165, 1.54) is 0 Å². The van der Waals surface area contributed by atoms with Crippen LogP contribution >= 0.6 is 0 Å². The Kier molecular flexibility index (Phi) is 6.55. The lowest BCUT2D eigenvalue weighted by Gasteiger charge is -2.38. The molecule has 1 aliphatic heterocycles. The second-order valence-electron chi connectivity index (χ2n) is 7.31. The lowest BCUT2D eigenvalue weighted by Crippen LogP contribution is -2.47. The minimum atomic E-state index is -0.0560. The van der Waals surface area contributed by atoms with Gasteiger partial charge in [0.05, 0.1) is 34.4 Å². The van der Waals surface area contributed by atoms with Crippen LogP contribution in [0.2, 0.25) is 0 Å². The van der Waals surface area contributed by atoms with E-state index in [0.717, 1.165) is 56.2 Å². The van der Waals surface area contributed by atoms with Gasteiger partial charge in [-0.05, 0) is 18.6 Å². The van der Waals surface area contributed by atoms with Crippen LogP contribution < -0.4 is 15.1 Å². The molecule has 152 valence electrons. The van der Waals surface area contributed by atoms with Gasteiger partial charge < -0.3 is 20.0 Å². The molecule has 0 spiro atoms. The summed E-state index contributed by atoms with van der Waals surface area (Å²) in [5.41, 5.74) is 4.09. The lowest BCUT2D eigenvalue weighted by atomic mass is 10.1. The number of nitrogens with one attached hydrogen (secondary N) is 1. The van der Waals surface area contributed by atoms with Crippen molar-refractivity contribution in [3.05, 3.63) is 47.8 Å². The monoisotopic (exact) mass is 392 g/mol. The Labute approximate surface area is 172 Å². The van der Waals surface area contributed by atoms with Gasteiger partial charge in [-0.1, -0.05) is 19.1 Å². The van der Waals surface area contributed by atoms with E-state index in [-0.39, 0.29) is 5.91 Å². The number of piperazine rings is 1. The Morgan fingerprint density at radius 2 is 1.79 bits per heavy atom. The summed E-state index contributed by atoms with van der Waals surface area (Å²) in [7, 11) is 3.51. The number of carbonyl (C=O) groups excluding carboxylic acids is 1. The molecule has 0 saturated carbocycles. The fourth-order valence-electron chi connectivity index (χ4n) is 3.56. The summed E-state index contributed by atoms with van der Waals surface area (Å²) in [4.78, 5) is 23.1. The number of hydrogen-bond acceptors (Lipinski definition) is 6. The third kappa shape index (κ3) is 4.43. The lowest BCUT2D eigenvalue weighted by molar-refractivity contribution is 0.0828. The summed E-state index contributed by atoms with van der Waals surface area (Å²) in [5, 5.41) is 12.8. The van der Waals surface area contributed by atoms with Crippen molar-refractivity contribution in [3.8, 4) is 6.07 Å². The molecule has 0 aliphatic carbocycles. The predicted octanol–water partition coefficient (Wildman–Crippen LogP) is 2.80. The molecule has 1 aliphatic rings. The van der Waals surface area contributed by atoms with Gasteiger partial charge in [0, 0.05) is 53.0 Å². The first-order valence-corrected chi connectivity index (χ1v) is 9.99. The van der Waals surface area contributed by atoms with Crippen molar-refractivity contribution in [3.63, 3.8) is 0 Å². The average Bonchev–Trinajstić information content (AvgIpc) is 2.77. The van der Waals surface area contributed by atoms with Gasteiger partial charge >= 0.3 is 0 Å². The molecular weight excluding hydrogens is 364 g/mol. The highest BCUT2D eigenvalue weighted by Crippen LogP contribution is 2.31. The largest absolute Gasteiger partial charge is 0.383 e. The summed E-state index contributed by atoms with van der Waals surface area (Å²) in [6.45, 7) is 6.09. The first-order chi connectivity index (χ1) is 14.1. The number of aromatic nitrogens is 1. The van der Waals surface area contributed by atoms with Crippen LogP contribution in [0.3, 0.4) is 0 Å². The summed E-state index contributed by atoms with van der Waals surface area (Å²) < 4.78 is 0. The van der Waals surface area contributed by atoms with Gasteiger partial charge in [0.1, 0.15) is 6.07 Å². The number of hydrogen-bond donors (Lipinski definition) is 1. The molecule has 2 heterocycles. The first kappa shape index (κ1) is 20.5. The van der Waals surface area contributed by atoms with Crippen LogP contribution in [0.4, 0.5) is 17.1 Å². The third-order valence-electron chi connectivity index (χ3n) is 5.10. The van der Waals surface area contributed by atoms with Gasteiger partial charge in [-0.2, -0.15) is 5.26 Å². The number of nitriles is 1. The molecule has 1 aromatic heterocycles. The molecule has 2 aromatic rings. The van der Waals surface area contributed by atoms with E-state index in [4.69, 9.17) is 0 Å². The van der Waals surface area contributed by atoms with Gasteiger partial charge in [-0.15, -0.1) is 0 Å². The molecule has 1 fully saturated rings. The zero-order valence-electron chi connectivity index (χ0n) is 17.4. The Morgan fingerprint density at radius 1 is 1.14 bits per heavy atom. The van der Waals surface area contributed by atoms with E-state index in [2.05, 4.69) is 33.1 Å². The molecule has 29 heavy (non-hydrogen) atoms. The number of anilines is 3. The highest BCUT2D eigenvalue weighted by molar-refractivity contribution is 6.02. The molecule has 1 saturated heterocycles. The van der Waals surface area contributed by atoms with Crippen LogP contribution in [0, 0.1) is 11.3 Å². The smallest absolute Gasteiger partial charge is 0.257 e. The zero-order chi connectivity index (χ0) is 20.8. The second kappa shape index (κ2) is 9.28. The highest BCUT2D eigenvalue weighted by Gasteiger charge is 2.24. The van der Waals surface area contributed by atoms with E-state index >= 15 is 0 Å². The topological polar surface area (TPSA) is 75.5 Å². The van der Waals surface area contributed by atoms with Gasteiger partial charge in [0.2, 0.25) is 0 Å². The van der Waals surface area contributed by atoms with Gasteiger partial charge in [-0.3, -0.25) is 9.78 Å². The van der Waals surface area contributed by atoms with Crippen molar-refractivity contribution in [1.82, 2.24) is 9.88 Å². The molecular formula is C22H28N6O. The Hall–Kier alpha value is -3.27. The molecule has 1 N–H and O–H groups in total. The first-order valence-electron chi connectivity index (χ1n) is 9.99. The maximum atomic E-state index is 12.7. The van der Waals surface area contributed by atoms with Gasteiger partial charge in [-0.25, -0.2) is 0 Å². The molecule has 1 aromatic carbocycles. The average molecular weight is 393 g/mol. The molecule has 1 amide bonds. The predicted molar refractivity (Wildman–Crippen MR) is 117 cm³/mol. The fraction of sp³-hybridized carbons (Fsp3) is 0.409. The molecule has 0 bridgehead atoms. The number of amides is 1. The number of rotatable bonds is 6. The number of para-hydroxylation sites is 1. The minimum absolute atomic E-state index is 0.0560. The van der Waals surface area contributed by atoms with Crippen molar-refractivity contribution in [2.45, 2.75) is 13.3 Å². The molecule has 7 heteroatoms. The summed E-state index contributed by atoms with van der Waals surface area (Å²) in [5.74, 6) is -0.0560. The minimum Gasteiger partial charge on any atom is -0.383 e. The Bertz CT molecular complexity index is 896. The zero-order valence-corrected chi connectivity index (χ0v) is 17.4.